The van der Waals surface area contributed by atoms with Gasteiger partial charge in [-0.3, -0.25) is 14.9 Å². The van der Waals surface area contributed by atoms with Crippen molar-refractivity contribution in [1.82, 2.24) is 10.6 Å². The first-order valence-electron chi connectivity index (χ1n) is 8.61. The van der Waals surface area contributed by atoms with Gasteiger partial charge in [0.15, 0.2) is 0 Å². The third-order valence-corrected chi connectivity index (χ3v) is 3.31. The van der Waals surface area contributed by atoms with Gasteiger partial charge < -0.3 is 20.1 Å². The minimum atomic E-state index is -0.901. The predicted octanol–water partition coefficient (Wildman–Crippen LogP) is 2.17. The van der Waals surface area contributed by atoms with Crippen LogP contribution in [0, 0.1) is 16.0 Å². The molecule has 1 unspecified atom stereocenters. The fourth-order valence-corrected chi connectivity index (χ4v) is 2.04. The Morgan fingerprint density at radius 2 is 1.71 bits per heavy atom. The highest BCUT2D eigenvalue weighted by molar-refractivity contribution is 5.88. The van der Waals surface area contributed by atoms with Gasteiger partial charge >= 0.3 is 12.1 Å². The Hall–Kier alpha value is -3.17. The number of nitrogens with one attached hydrogen (secondary N) is 2. The number of carbonyl (C=O) groups excluding carboxylic acids is 3. The minimum Gasteiger partial charge on any atom is -0.444 e. The second-order valence-corrected chi connectivity index (χ2v) is 7.31. The Kier molecular flexibility index (Phi) is 7.90. The lowest BCUT2D eigenvalue weighted by Crippen LogP contribution is -2.51. The lowest BCUT2D eigenvalue weighted by Gasteiger charge is -2.25. The normalized spacial score (nSPS) is 12.1. The topological polar surface area (TPSA) is 137 Å². The van der Waals surface area contributed by atoms with E-state index in [2.05, 4.69) is 10.6 Å². The SMILES string of the molecule is CC(C)C(NC(=O)OC(C)(C)C)C(=O)NCC(=O)Oc1ccc([N+](=O)[O-])cc1. The van der Waals surface area contributed by atoms with Crippen molar-refractivity contribution in [1.29, 1.82) is 0 Å². The third kappa shape index (κ3) is 8.02. The Morgan fingerprint density at radius 1 is 1.14 bits per heavy atom. The van der Waals surface area contributed by atoms with Crippen LogP contribution in [0.3, 0.4) is 0 Å². The van der Waals surface area contributed by atoms with Gasteiger partial charge in [0.2, 0.25) is 5.91 Å². The van der Waals surface area contributed by atoms with Gasteiger partial charge in [-0.15, -0.1) is 0 Å². The van der Waals surface area contributed by atoms with Gasteiger partial charge in [0, 0.05) is 12.1 Å². The molecule has 1 aromatic carbocycles. The number of non-ortho nitro benzene ring substituents is 1. The van der Waals surface area contributed by atoms with E-state index in [1.807, 2.05) is 0 Å². The molecule has 1 aromatic rings. The van der Waals surface area contributed by atoms with Crippen molar-refractivity contribution in [3.8, 4) is 5.75 Å². The molecule has 2 amide bonds. The lowest BCUT2D eigenvalue weighted by molar-refractivity contribution is -0.384. The van der Waals surface area contributed by atoms with Crippen molar-refractivity contribution < 1.29 is 28.8 Å². The molecule has 0 heterocycles. The molecule has 10 heteroatoms. The number of hydrogen-bond donors (Lipinski definition) is 2. The van der Waals surface area contributed by atoms with Gasteiger partial charge in [0.25, 0.3) is 5.69 Å². The number of ether oxygens (including phenoxy) is 2. The fourth-order valence-electron chi connectivity index (χ4n) is 2.04. The molecule has 10 nitrogen and oxygen atoms in total. The number of carbonyl (C=O) groups is 3. The molecule has 28 heavy (non-hydrogen) atoms. The average molecular weight is 395 g/mol. The summed E-state index contributed by atoms with van der Waals surface area (Å²) < 4.78 is 10.1. The van der Waals surface area contributed by atoms with Crippen LogP contribution in [-0.2, 0) is 14.3 Å². The highest BCUT2D eigenvalue weighted by Crippen LogP contribution is 2.17. The molecular weight excluding hydrogens is 370 g/mol. The molecular formula is C18H25N3O7. The van der Waals surface area contributed by atoms with Crippen LogP contribution in [0.5, 0.6) is 5.75 Å². The highest BCUT2D eigenvalue weighted by atomic mass is 16.6. The number of rotatable bonds is 7. The summed E-state index contributed by atoms with van der Waals surface area (Å²) in [6, 6.07) is 4.04. The molecule has 0 fully saturated rings. The van der Waals surface area contributed by atoms with Crippen molar-refractivity contribution >= 4 is 23.7 Å². The molecule has 154 valence electrons. The molecule has 0 aliphatic rings. The number of alkyl carbamates (subject to hydrolysis) is 1. The van der Waals surface area contributed by atoms with Crippen molar-refractivity contribution in [2.24, 2.45) is 5.92 Å². The van der Waals surface area contributed by atoms with Gasteiger partial charge in [-0.2, -0.15) is 0 Å². The van der Waals surface area contributed by atoms with Crippen LogP contribution in [0.1, 0.15) is 34.6 Å². The Morgan fingerprint density at radius 3 is 2.18 bits per heavy atom. The van der Waals surface area contributed by atoms with Crippen LogP contribution in [0.2, 0.25) is 0 Å². The Bertz CT molecular complexity index is 724. The first kappa shape index (κ1) is 22.9. The molecule has 0 bridgehead atoms. The number of benzene rings is 1. The van der Waals surface area contributed by atoms with Crippen LogP contribution in [0.25, 0.3) is 0 Å². The summed E-state index contributed by atoms with van der Waals surface area (Å²) in [6.07, 6.45) is -0.741. The lowest BCUT2D eigenvalue weighted by atomic mass is 10.0. The minimum absolute atomic E-state index is 0.108. The summed E-state index contributed by atoms with van der Waals surface area (Å²) in [4.78, 5) is 46.1. The molecule has 0 radical (unpaired) electrons. The van der Waals surface area contributed by atoms with Gasteiger partial charge in [-0.25, -0.2) is 9.59 Å². The van der Waals surface area contributed by atoms with E-state index < -0.39 is 41.1 Å². The molecule has 0 spiro atoms. The Labute approximate surface area is 162 Å². The average Bonchev–Trinajstić information content (AvgIpc) is 2.56. The zero-order valence-electron chi connectivity index (χ0n) is 16.5. The van der Waals surface area contributed by atoms with Gasteiger partial charge in [0.05, 0.1) is 4.92 Å². The first-order valence-corrected chi connectivity index (χ1v) is 8.61. The maximum absolute atomic E-state index is 12.3. The predicted molar refractivity (Wildman–Crippen MR) is 99.7 cm³/mol. The zero-order chi connectivity index (χ0) is 21.5. The largest absolute Gasteiger partial charge is 0.444 e. The van der Waals surface area contributed by atoms with E-state index >= 15 is 0 Å². The quantitative estimate of drug-likeness (QED) is 0.312. The van der Waals surface area contributed by atoms with Crippen molar-refractivity contribution in [3.63, 3.8) is 0 Å². The van der Waals surface area contributed by atoms with Crippen LogP contribution in [0.15, 0.2) is 24.3 Å². The van der Waals surface area contributed by atoms with Crippen molar-refractivity contribution in [2.75, 3.05) is 6.54 Å². The zero-order valence-corrected chi connectivity index (χ0v) is 16.5. The standard InChI is InChI=1S/C18H25N3O7/c1-11(2)15(20-17(24)28-18(3,4)5)16(23)19-10-14(22)27-13-8-6-12(7-9-13)21(25)26/h6-9,11,15H,10H2,1-5H3,(H,19,23)(H,20,24). The summed E-state index contributed by atoms with van der Waals surface area (Å²) in [6.45, 7) is 8.13. The molecule has 0 aliphatic heterocycles. The number of nitro groups is 1. The molecule has 1 atom stereocenters. The smallest absolute Gasteiger partial charge is 0.408 e. The van der Waals surface area contributed by atoms with Crippen LogP contribution in [-0.4, -0.2) is 41.1 Å². The van der Waals surface area contributed by atoms with Gasteiger partial charge in [-0.1, -0.05) is 13.8 Å². The number of nitro benzene ring substituents is 1. The summed E-state index contributed by atoms with van der Waals surface area (Å²) in [5.74, 6) is -1.47. The second kappa shape index (κ2) is 9.67. The number of hydrogen-bond acceptors (Lipinski definition) is 7. The van der Waals surface area contributed by atoms with Crippen LogP contribution in [0.4, 0.5) is 10.5 Å². The summed E-state index contributed by atoms with van der Waals surface area (Å²) in [5.41, 5.74) is -0.850. The Balaban J connectivity index is 2.57. The van der Waals surface area contributed by atoms with E-state index in [9.17, 15) is 24.5 Å². The number of nitrogens with zero attached hydrogens (tertiary/aromatic N) is 1. The van der Waals surface area contributed by atoms with Crippen molar-refractivity contribution in [3.05, 3.63) is 34.4 Å². The molecule has 0 aromatic heterocycles. The molecule has 1 rings (SSSR count). The van der Waals surface area contributed by atoms with E-state index in [1.165, 1.54) is 24.3 Å². The van der Waals surface area contributed by atoms with E-state index in [0.717, 1.165) is 0 Å². The van der Waals surface area contributed by atoms with E-state index in [1.54, 1.807) is 34.6 Å². The number of esters is 1. The summed E-state index contributed by atoms with van der Waals surface area (Å²) in [7, 11) is 0. The van der Waals surface area contributed by atoms with Gasteiger partial charge in [-0.05, 0) is 38.8 Å². The maximum Gasteiger partial charge on any atom is 0.408 e. The monoisotopic (exact) mass is 395 g/mol. The van der Waals surface area contributed by atoms with E-state index in [-0.39, 0.29) is 17.4 Å². The van der Waals surface area contributed by atoms with Crippen LogP contribution >= 0.6 is 0 Å². The maximum atomic E-state index is 12.3. The molecule has 0 saturated carbocycles. The van der Waals surface area contributed by atoms with Crippen LogP contribution < -0.4 is 15.4 Å². The van der Waals surface area contributed by atoms with Crippen molar-refractivity contribution in [2.45, 2.75) is 46.3 Å². The fraction of sp³-hybridized carbons (Fsp3) is 0.500. The van der Waals surface area contributed by atoms with E-state index in [4.69, 9.17) is 9.47 Å². The highest BCUT2D eigenvalue weighted by Gasteiger charge is 2.27. The van der Waals surface area contributed by atoms with E-state index in [0.29, 0.717) is 0 Å². The molecule has 0 saturated heterocycles. The second-order valence-electron chi connectivity index (χ2n) is 7.31. The molecule has 2 N–H and O–H groups in total. The third-order valence-electron chi connectivity index (χ3n) is 3.31. The summed E-state index contributed by atoms with van der Waals surface area (Å²) in [5, 5.41) is 15.5. The number of amides is 2. The summed E-state index contributed by atoms with van der Waals surface area (Å²) >= 11 is 0. The first-order chi connectivity index (χ1) is 12.9. The molecule has 0 aliphatic carbocycles. The van der Waals surface area contributed by atoms with Gasteiger partial charge in [0.1, 0.15) is 23.9 Å².